The Morgan fingerprint density at radius 1 is 1.12 bits per heavy atom. The summed E-state index contributed by atoms with van der Waals surface area (Å²) < 4.78 is 5.47. The van der Waals surface area contributed by atoms with Crippen molar-refractivity contribution in [3.63, 3.8) is 0 Å². The summed E-state index contributed by atoms with van der Waals surface area (Å²) in [6.07, 6.45) is 0.822. The first-order chi connectivity index (χ1) is 12.4. The van der Waals surface area contributed by atoms with Gasteiger partial charge < -0.3 is 9.64 Å². The Kier molecular flexibility index (Phi) is 6.72. The Labute approximate surface area is 153 Å². The molecule has 0 aliphatic carbocycles. The van der Waals surface area contributed by atoms with Crippen molar-refractivity contribution in [2.75, 3.05) is 13.2 Å². The maximum absolute atomic E-state index is 12.6. The minimum Gasteiger partial charge on any atom is -0.477 e. The van der Waals surface area contributed by atoms with E-state index in [1.165, 1.54) is 12.1 Å². The molecule has 0 aromatic heterocycles. The smallest absolute Gasteiger partial charge is 0.311 e. The van der Waals surface area contributed by atoms with Crippen LogP contribution < -0.4 is 4.74 Å². The molecule has 0 saturated carbocycles. The van der Waals surface area contributed by atoms with Crippen LogP contribution in [-0.2, 0) is 11.3 Å². The summed E-state index contributed by atoms with van der Waals surface area (Å²) in [7, 11) is 0. The molecule has 0 unspecified atom stereocenters. The Morgan fingerprint density at radius 3 is 2.38 bits per heavy atom. The first-order valence-corrected chi connectivity index (χ1v) is 8.62. The molecule has 0 aliphatic rings. The van der Waals surface area contributed by atoms with Gasteiger partial charge in [-0.2, -0.15) is 0 Å². The molecule has 2 aromatic rings. The molecule has 0 saturated heterocycles. The third-order valence-corrected chi connectivity index (χ3v) is 4.00. The van der Waals surface area contributed by atoms with Gasteiger partial charge in [0.2, 0.25) is 0 Å². The highest BCUT2D eigenvalue weighted by Gasteiger charge is 2.19. The number of hydrogen-bond acceptors (Lipinski definition) is 4. The zero-order valence-electron chi connectivity index (χ0n) is 15.4. The van der Waals surface area contributed by atoms with E-state index in [9.17, 15) is 14.9 Å². The van der Waals surface area contributed by atoms with Crippen LogP contribution in [0.2, 0.25) is 0 Å². The molecule has 0 heterocycles. The number of nitro groups is 1. The van der Waals surface area contributed by atoms with Crippen molar-refractivity contribution in [1.82, 2.24) is 4.90 Å². The number of hydrogen-bond donors (Lipinski definition) is 0. The summed E-state index contributed by atoms with van der Waals surface area (Å²) >= 11 is 0. The largest absolute Gasteiger partial charge is 0.477 e. The van der Waals surface area contributed by atoms with Crippen LogP contribution in [0.1, 0.15) is 30.0 Å². The van der Waals surface area contributed by atoms with Gasteiger partial charge in [0.25, 0.3) is 5.91 Å². The van der Waals surface area contributed by atoms with Crippen molar-refractivity contribution < 1.29 is 14.5 Å². The van der Waals surface area contributed by atoms with Crippen LogP contribution in [0.3, 0.4) is 0 Å². The highest BCUT2D eigenvalue weighted by Crippen LogP contribution is 2.27. The van der Waals surface area contributed by atoms with Gasteiger partial charge in [-0.15, -0.1) is 0 Å². The van der Waals surface area contributed by atoms with Crippen molar-refractivity contribution in [2.24, 2.45) is 0 Å². The van der Waals surface area contributed by atoms with Crippen molar-refractivity contribution >= 4 is 11.6 Å². The summed E-state index contributed by atoms with van der Waals surface area (Å²) in [6, 6.07) is 12.7. The maximum atomic E-state index is 12.6. The maximum Gasteiger partial charge on any atom is 0.311 e. The molecule has 6 heteroatoms. The van der Waals surface area contributed by atoms with Gasteiger partial charge in [0.15, 0.2) is 12.4 Å². The lowest BCUT2D eigenvalue weighted by Gasteiger charge is -2.22. The molecule has 0 bridgehead atoms. The molecular formula is C20H24N2O4. The van der Waals surface area contributed by atoms with E-state index in [1.807, 2.05) is 38.1 Å². The fourth-order valence-corrected chi connectivity index (χ4v) is 2.60. The van der Waals surface area contributed by atoms with E-state index in [1.54, 1.807) is 17.9 Å². The first kappa shape index (κ1) is 19.4. The van der Waals surface area contributed by atoms with Gasteiger partial charge in [0, 0.05) is 19.2 Å². The highest BCUT2D eigenvalue weighted by molar-refractivity contribution is 5.78. The Morgan fingerprint density at radius 2 is 1.77 bits per heavy atom. The van der Waals surface area contributed by atoms with E-state index in [4.69, 9.17) is 4.74 Å². The molecule has 0 radical (unpaired) electrons. The van der Waals surface area contributed by atoms with Crippen LogP contribution in [0.25, 0.3) is 0 Å². The molecular weight excluding hydrogens is 332 g/mol. The minimum absolute atomic E-state index is 0.112. The lowest BCUT2D eigenvalue weighted by molar-refractivity contribution is -0.385. The van der Waals surface area contributed by atoms with Crippen molar-refractivity contribution in [3.05, 3.63) is 69.3 Å². The molecule has 26 heavy (non-hydrogen) atoms. The number of amides is 1. The number of aryl methyl sites for hydroxylation is 2. The first-order valence-electron chi connectivity index (χ1n) is 8.62. The van der Waals surface area contributed by atoms with E-state index >= 15 is 0 Å². The SMILES string of the molecule is CCCN(Cc1ccc(C)cc1)C(=O)COc1ccc(C)cc1[N+](=O)[O-]. The molecule has 0 N–H and O–H groups in total. The Balaban J connectivity index is 2.06. The minimum atomic E-state index is -0.497. The number of nitrogens with zero attached hydrogens (tertiary/aromatic N) is 2. The predicted molar refractivity (Wildman–Crippen MR) is 100 cm³/mol. The predicted octanol–water partition coefficient (Wildman–Crippen LogP) is 4.03. The number of ether oxygens (including phenoxy) is 1. The molecule has 0 spiro atoms. The second-order valence-corrected chi connectivity index (χ2v) is 6.32. The molecule has 0 aliphatic heterocycles. The normalized spacial score (nSPS) is 10.4. The van der Waals surface area contributed by atoms with Crippen LogP contribution in [0.4, 0.5) is 5.69 Å². The summed E-state index contributed by atoms with van der Waals surface area (Å²) in [5, 5.41) is 11.2. The molecule has 0 fully saturated rings. The van der Waals surface area contributed by atoms with E-state index in [0.29, 0.717) is 13.1 Å². The topological polar surface area (TPSA) is 72.7 Å². The molecule has 2 rings (SSSR count). The molecule has 1 amide bonds. The van der Waals surface area contributed by atoms with Crippen LogP contribution >= 0.6 is 0 Å². The van der Waals surface area contributed by atoms with Gasteiger partial charge in [0.1, 0.15) is 0 Å². The van der Waals surface area contributed by atoms with Gasteiger partial charge in [0.05, 0.1) is 4.92 Å². The quantitative estimate of drug-likeness (QED) is 0.529. The number of benzene rings is 2. The number of carbonyl (C=O) groups excluding carboxylic acids is 1. The number of rotatable bonds is 8. The lowest BCUT2D eigenvalue weighted by atomic mass is 10.1. The zero-order chi connectivity index (χ0) is 19.1. The third-order valence-electron chi connectivity index (χ3n) is 4.00. The van der Waals surface area contributed by atoms with Gasteiger partial charge in [-0.05, 0) is 37.5 Å². The molecule has 6 nitrogen and oxygen atoms in total. The van der Waals surface area contributed by atoms with Crippen LogP contribution in [0, 0.1) is 24.0 Å². The highest BCUT2D eigenvalue weighted by atomic mass is 16.6. The van der Waals surface area contributed by atoms with Crippen LogP contribution in [0.15, 0.2) is 42.5 Å². The van der Waals surface area contributed by atoms with Crippen LogP contribution in [-0.4, -0.2) is 28.9 Å². The average Bonchev–Trinajstić information content (AvgIpc) is 2.61. The molecule has 2 aromatic carbocycles. The van der Waals surface area contributed by atoms with Gasteiger partial charge in [-0.3, -0.25) is 14.9 Å². The monoisotopic (exact) mass is 356 g/mol. The number of carbonyl (C=O) groups is 1. The summed E-state index contributed by atoms with van der Waals surface area (Å²) in [4.78, 5) is 24.9. The Bertz CT molecular complexity index is 772. The van der Waals surface area contributed by atoms with Crippen LogP contribution in [0.5, 0.6) is 5.75 Å². The number of nitro benzene ring substituents is 1. The van der Waals surface area contributed by atoms with Crippen molar-refractivity contribution in [1.29, 1.82) is 0 Å². The summed E-state index contributed by atoms with van der Waals surface area (Å²) in [5.41, 5.74) is 2.84. The summed E-state index contributed by atoms with van der Waals surface area (Å²) in [6.45, 7) is 6.66. The summed E-state index contributed by atoms with van der Waals surface area (Å²) in [5.74, 6) is -0.0805. The standard InChI is InChI=1S/C20H24N2O4/c1-4-11-21(13-17-8-5-15(2)6-9-17)20(23)14-26-19-10-7-16(3)12-18(19)22(24)25/h5-10,12H,4,11,13-14H2,1-3H3. The fourth-order valence-electron chi connectivity index (χ4n) is 2.60. The average molecular weight is 356 g/mol. The second-order valence-electron chi connectivity index (χ2n) is 6.32. The Hall–Kier alpha value is -2.89. The van der Waals surface area contributed by atoms with Gasteiger partial charge in [-0.1, -0.05) is 42.8 Å². The third kappa shape index (κ3) is 5.31. The zero-order valence-corrected chi connectivity index (χ0v) is 15.4. The van der Waals surface area contributed by atoms with E-state index in [0.717, 1.165) is 23.1 Å². The lowest BCUT2D eigenvalue weighted by Crippen LogP contribution is -2.35. The van der Waals surface area contributed by atoms with Crippen molar-refractivity contribution in [2.45, 2.75) is 33.7 Å². The van der Waals surface area contributed by atoms with E-state index in [-0.39, 0.29) is 24.0 Å². The van der Waals surface area contributed by atoms with Gasteiger partial charge in [-0.25, -0.2) is 0 Å². The van der Waals surface area contributed by atoms with E-state index in [2.05, 4.69) is 0 Å². The van der Waals surface area contributed by atoms with E-state index < -0.39 is 4.92 Å². The van der Waals surface area contributed by atoms with Gasteiger partial charge >= 0.3 is 5.69 Å². The molecule has 0 atom stereocenters. The second kappa shape index (κ2) is 8.99. The molecule has 138 valence electrons. The fraction of sp³-hybridized carbons (Fsp3) is 0.350. The van der Waals surface area contributed by atoms with Crippen molar-refractivity contribution in [3.8, 4) is 5.75 Å².